The summed E-state index contributed by atoms with van der Waals surface area (Å²) in [6.07, 6.45) is 5.01. The van der Waals surface area contributed by atoms with Crippen LogP contribution in [0, 0.1) is 6.92 Å². The molecule has 3 rings (SSSR count). The smallest absolute Gasteiger partial charge is 0.259 e. The predicted octanol–water partition coefficient (Wildman–Crippen LogP) is 5.05. The van der Waals surface area contributed by atoms with Crippen molar-refractivity contribution in [1.29, 1.82) is 0 Å². The summed E-state index contributed by atoms with van der Waals surface area (Å²) in [6, 6.07) is 17.8. The summed E-state index contributed by atoms with van der Waals surface area (Å²) < 4.78 is 0. The van der Waals surface area contributed by atoms with Crippen molar-refractivity contribution in [2.24, 2.45) is 0 Å². The first kappa shape index (κ1) is 17.8. The van der Waals surface area contributed by atoms with Crippen LogP contribution in [0.3, 0.4) is 0 Å². The summed E-state index contributed by atoms with van der Waals surface area (Å²) in [7, 11) is 0. The van der Waals surface area contributed by atoms with Gasteiger partial charge in [-0.1, -0.05) is 55.8 Å². The van der Waals surface area contributed by atoms with Gasteiger partial charge in [-0.2, -0.15) is 0 Å². The molecule has 1 amide bonds. The Kier molecular flexibility index (Phi) is 5.74. The maximum absolute atomic E-state index is 12.5. The van der Waals surface area contributed by atoms with E-state index >= 15 is 0 Å². The van der Waals surface area contributed by atoms with Crippen LogP contribution in [0.1, 0.15) is 41.4 Å². The number of amides is 1. The standard InChI is InChI=1S/C22H23N3O/c1-3-4-8-17-11-13-19(14-12-17)25-22(26)20-15-23-21(24-16(20)2)18-9-6-5-7-10-18/h5-7,9-15H,3-4,8H2,1-2H3,(H,25,26). The molecule has 4 nitrogen and oxygen atoms in total. The number of hydrogen-bond acceptors (Lipinski definition) is 3. The third-order valence-electron chi connectivity index (χ3n) is 4.29. The van der Waals surface area contributed by atoms with Crippen LogP contribution < -0.4 is 5.32 Å². The average molecular weight is 345 g/mol. The molecule has 1 aromatic heterocycles. The second-order valence-corrected chi connectivity index (χ2v) is 6.31. The number of carbonyl (C=O) groups excluding carboxylic acids is 1. The van der Waals surface area contributed by atoms with Crippen molar-refractivity contribution < 1.29 is 4.79 Å². The molecule has 26 heavy (non-hydrogen) atoms. The second kappa shape index (κ2) is 8.39. The molecular weight excluding hydrogens is 322 g/mol. The minimum atomic E-state index is -0.191. The zero-order chi connectivity index (χ0) is 18.4. The molecule has 0 saturated carbocycles. The molecule has 0 aliphatic rings. The second-order valence-electron chi connectivity index (χ2n) is 6.31. The third kappa shape index (κ3) is 4.33. The molecule has 0 unspecified atom stereocenters. The molecule has 0 fully saturated rings. The van der Waals surface area contributed by atoms with E-state index in [0.29, 0.717) is 17.1 Å². The fourth-order valence-corrected chi connectivity index (χ4v) is 2.75. The lowest BCUT2D eigenvalue weighted by atomic mass is 10.1. The number of anilines is 1. The van der Waals surface area contributed by atoms with Crippen molar-refractivity contribution in [1.82, 2.24) is 9.97 Å². The molecule has 1 N–H and O–H groups in total. The number of benzene rings is 2. The molecule has 2 aromatic carbocycles. The highest BCUT2D eigenvalue weighted by Crippen LogP contribution is 2.17. The van der Waals surface area contributed by atoms with Crippen molar-refractivity contribution in [2.45, 2.75) is 33.1 Å². The molecule has 0 spiro atoms. The molecular formula is C22H23N3O. The molecule has 0 saturated heterocycles. The van der Waals surface area contributed by atoms with Crippen LogP contribution in [-0.4, -0.2) is 15.9 Å². The fraction of sp³-hybridized carbons (Fsp3) is 0.227. The van der Waals surface area contributed by atoms with E-state index in [1.165, 1.54) is 18.4 Å². The van der Waals surface area contributed by atoms with Gasteiger partial charge in [0.05, 0.1) is 11.3 Å². The van der Waals surface area contributed by atoms with Gasteiger partial charge in [-0.25, -0.2) is 9.97 Å². The van der Waals surface area contributed by atoms with Crippen LogP contribution in [0.15, 0.2) is 60.8 Å². The number of aryl methyl sites for hydroxylation is 2. The van der Waals surface area contributed by atoms with Crippen LogP contribution in [0.2, 0.25) is 0 Å². The SMILES string of the molecule is CCCCc1ccc(NC(=O)c2cnc(-c3ccccc3)nc2C)cc1. The van der Waals surface area contributed by atoms with Gasteiger partial charge in [0.15, 0.2) is 5.82 Å². The van der Waals surface area contributed by atoms with Crippen molar-refractivity contribution >= 4 is 11.6 Å². The summed E-state index contributed by atoms with van der Waals surface area (Å²) in [5.74, 6) is 0.434. The minimum absolute atomic E-state index is 0.191. The summed E-state index contributed by atoms with van der Waals surface area (Å²) in [5.41, 5.74) is 4.15. The van der Waals surface area contributed by atoms with Gasteiger partial charge in [0.1, 0.15) is 0 Å². The van der Waals surface area contributed by atoms with E-state index in [-0.39, 0.29) is 5.91 Å². The van der Waals surface area contributed by atoms with Gasteiger partial charge < -0.3 is 5.32 Å². The highest BCUT2D eigenvalue weighted by atomic mass is 16.1. The van der Waals surface area contributed by atoms with Crippen LogP contribution in [0.25, 0.3) is 11.4 Å². The minimum Gasteiger partial charge on any atom is -0.322 e. The van der Waals surface area contributed by atoms with Gasteiger partial charge in [0, 0.05) is 17.4 Å². The number of nitrogens with zero attached hydrogens (tertiary/aromatic N) is 2. The van der Waals surface area contributed by atoms with Crippen LogP contribution in [0.4, 0.5) is 5.69 Å². The number of unbranched alkanes of at least 4 members (excludes halogenated alkanes) is 1. The van der Waals surface area contributed by atoms with Gasteiger partial charge in [0.2, 0.25) is 0 Å². The molecule has 3 aromatic rings. The zero-order valence-corrected chi connectivity index (χ0v) is 15.2. The Bertz CT molecular complexity index is 874. The van der Waals surface area contributed by atoms with Crippen molar-refractivity contribution in [3.05, 3.63) is 77.6 Å². The topological polar surface area (TPSA) is 54.9 Å². The van der Waals surface area contributed by atoms with Gasteiger partial charge in [-0.05, 0) is 37.5 Å². The van der Waals surface area contributed by atoms with Gasteiger partial charge >= 0.3 is 0 Å². The van der Waals surface area contributed by atoms with Crippen molar-refractivity contribution in [3.8, 4) is 11.4 Å². The molecule has 0 bridgehead atoms. The lowest BCUT2D eigenvalue weighted by molar-refractivity contribution is 0.102. The fourth-order valence-electron chi connectivity index (χ4n) is 2.75. The monoisotopic (exact) mass is 345 g/mol. The maximum Gasteiger partial charge on any atom is 0.259 e. The quantitative estimate of drug-likeness (QED) is 0.680. The molecule has 1 heterocycles. The molecule has 4 heteroatoms. The van der Waals surface area contributed by atoms with E-state index in [2.05, 4.69) is 34.3 Å². The van der Waals surface area contributed by atoms with Crippen molar-refractivity contribution in [2.75, 3.05) is 5.32 Å². The Morgan fingerprint density at radius 2 is 1.77 bits per heavy atom. The Hall–Kier alpha value is -3.01. The largest absolute Gasteiger partial charge is 0.322 e. The van der Waals surface area contributed by atoms with E-state index in [1.807, 2.05) is 49.4 Å². The first-order valence-corrected chi connectivity index (χ1v) is 8.96. The van der Waals surface area contributed by atoms with E-state index in [4.69, 9.17) is 0 Å². The molecule has 0 radical (unpaired) electrons. The molecule has 0 atom stereocenters. The molecule has 0 aliphatic heterocycles. The Morgan fingerprint density at radius 3 is 2.42 bits per heavy atom. The normalized spacial score (nSPS) is 10.5. The first-order chi connectivity index (χ1) is 12.7. The van der Waals surface area contributed by atoms with Gasteiger partial charge in [-0.3, -0.25) is 4.79 Å². The maximum atomic E-state index is 12.5. The number of nitrogens with one attached hydrogen (secondary N) is 1. The van der Waals surface area contributed by atoms with E-state index in [0.717, 1.165) is 17.7 Å². The number of rotatable bonds is 6. The summed E-state index contributed by atoms with van der Waals surface area (Å²) >= 11 is 0. The van der Waals surface area contributed by atoms with Crippen LogP contribution in [0.5, 0.6) is 0 Å². The van der Waals surface area contributed by atoms with Gasteiger partial charge in [-0.15, -0.1) is 0 Å². The summed E-state index contributed by atoms with van der Waals surface area (Å²) in [4.78, 5) is 21.4. The van der Waals surface area contributed by atoms with E-state index in [9.17, 15) is 4.79 Å². The summed E-state index contributed by atoms with van der Waals surface area (Å²) in [6.45, 7) is 4.01. The molecule has 132 valence electrons. The lowest BCUT2D eigenvalue weighted by Gasteiger charge is -2.09. The zero-order valence-electron chi connectivity index (χ0n) is 15.2. The van der Waals surface area contributed by atoms with Crippen LogP contribution in [-0.2, 0) is 6.42 Å². The lowest BCUT2D eigenvalue weighted by Crippen LogP contribution is -2.15. The average Bonchev–Trinajstić information content (AvgIpc) is 2.68. The third-order valence-corrected chi connectivity index (χ3v) is 4.29. The number of aromatic nitrogens is 2. The first-order valence-electron chi connectivity index (χ1n) is 8.96. The predicted molar refractivity (Wildman–Crippen MR) is 105 cm³/mol. The summed E-state index contributed by atoms with van der Waals surface area (Å²) in [5, 5.41) is 2.92. The van der Waals surface area contributed by atoms with E-state index in [1.54, 1.807) is 6.20 Å². The Morgan fingerprint density at radius 1 is 1.04 bits per heavy atom. The van der Waals surface area contributed by atoms with Crippen molar-refractivity contribution in [3.63, 3.8) is 0 Å². The van der Waals surface area contributed by atoms with Crippen LogP contribution >= 0.6 is 0 Å². The number of hydrogen-bond donors (Lipinski definition) is 1. The highest BCUT2D eigenvalue weighted by molar-refractivity contribution is 6.04. The number of carbonyl (C=O) groups is 1. The Labute approximate surface area is 154 Å². The molecule has 0 aliphatic carbocycles. The van der Waals surface area contributed by atoms with E-state index < -0.39 is 0 Å². The highest BCUT2D eigenvalue weighted by Gasteiger charge is 2.13. The van der Waals surface area contributed by atoms with Gasteiger partial charge in [0.25, 0.3) is 5.91 Å². The Balaban J connectivity index is 1.72.